The maximum absolute atomic E-state index is 11.0. The molecular weight excluding hydrogens is 278 g/mol. The normalized spacial score (nSPS) is 19.0. The lowest BCUT2D eigenvalue weighted by Crippen LogP contribution is -2.33. The second kappa shape index (κ2) is 6.66. The topological polar surface area (TPSA) is 66.3 Å². The Balaban J connectivity index is 1.80. The maximum atomic E-state index is 11.0. The standard InChI is InChI=1S/C17H19N3O2/c21-17(22)15-7-3-6-14(19-15)12-20-10-2-1-8-16(20)13-5-4-9-18-11-13/h3-7,9,11,16H,1-2,8,10,12H2,(H,21,22)/t16-/m0/s1. The number of carboxylic acids is 1. The zero-order valence-corrected chi connectivity index (χ0v) is 12.4. The van der Waals surface area contributed by atoms with Crippen LogP contribution in [0.15, 0.2) is 42.7 Å². The number of carbonyl (C=O) groups is 1. The summed E-state index contributed by atoms with van der Waals surface area (Å²) in [5, 5.41) is 9.06. The van der Waals surface area contributed by atoms with Gasteiger partial charge in [0.25, 0.3) is 0 Å². The number of hydrogen-bond acceptors (Lipinski definition) is 4. The molecule has 0 amide bonds. The third kappa shape index (κ3) is 3.31. The highest BCUT2D eigenvalue weighted by atomic mass is 16.4. The second-order valence-electron chi connectivity index (χ2n) is 5.59. The molecule has 0 saturated carbocycles. The van der Waals surface area contributed by atoms with Crippen molar-refractivity contribution in [2.24, 2.45) is 0 Å². The van der Waals surface area contributed by atoms with Crippen molar-refractivity contribution < 1.29 is 9.90 Å². The minimum Gasteiger partial charge on any atom is -0.477 e. The van der Waals surface area contributed by atoms with E-state index in [1.54, 1.807) is 12.3 Å². The van der Waals surface area contributed by atoms with Crippen molar-refractivity contribution in [3.05, 3.63) is 59.7 Å². The molecule has 1 aliphatic heterocycles. The molecule has 2 aromatic heterocycles. The highest BCUT2D eigenvalue weighted by Gasteiger charge is 2.24. The Hall–Kier alpha value is -2.27. The summed E-state index contributed by atoms with van der Waals surface area (Å²) in [6.45, 7) is 1.67. The molecule has 0 aromatic carbocycles. The van der Waals surface area contributed by atoms with E-state index >= 15 is 0 Å². The fraction of sp³-hybridized carbons (Fsp3) is 0.353. The highest BCUT2D eigenvalue weighted by Crippen LogP contribution is 2.31. The van der Waals surface area contributed by atoms with Crippen LogP contribution in [-0.4, -0.2) is 32.5 Å². The van der Waals surface area contributed by atoms with Crippen LogP contribution < -0.4 is 0 Å². The molecule has 0 unspecified atom stereocenters. The zero-order chi connectivity index (χ0) is 15.4. The van der Waals surface area contributed by atoms with Gasteiger partial charge in [-0.3, -0.25) is 9.88 Å². The summed E-state index contributed by atoms with van der Waals surface area (Å²) in [4.78, 5) is 21.9. The van der Waals surface area contributed by atoms with Crippen LogP contribution in [0.2, 0.25) is 0 Å². The lowest BCUT2D eigenvalue weighted by Gasteiger charge is -2.35. The molecule has 1 atom stereocenters. The smallest absolute Gasteiger partial charge is 0.354 e. The summed E-state index contributed by atoms with van der Waals surface area (Å²) in [5.41, 5.74) is 2.12. The van der Waals surface area contributed by atoms with Crippen LogP contribution in [0.25, 0.3) is 0 Å². The van der Waals surface area contributed by atoms with E-state index in [0.29, 0.717) is 12.6 Å². The van der Waals surface area contributed by atoms with E-state index in [-0.39, 0.29) is 5.69 Å². The molecule has 22 heavy (non-hydrogen) atoms. The Kier molecular flexibility index (Phi) is 4.44. The minimum atomic E-state index is -0.982. The maximum Gasteiger partial charge on any atom is 0.354 e. The SMILES string of the molecule is O=C(O)c1cccc(CN2CCCC[C@H]2c2cccnc2)n1. The molecule has 5 nitrogen and oxygen atoms in total. The fourth-order valence-electron chi connectivity index (χ4n) is 3.03. The van der Waals surface area contributed by atoms with Gasteiger partial charge in [0.05, 0.1) is 5.69 Å². The highest BCUT2D eigenvalue weighted by molar-refractivity contribution is 5.85. The van der Waals surface area contributed by atoms with Gasteiger partial charge in [-0.15, -0.1) is 0 Å². The van der Waals surface area contributed by atoms with Gasteiger partial charge >= 0.3 is 5.97 Å². The van der Waals surface area contributed by atoms with Crippen molar-refractivity contribution in [2.45, 2.75) is 31.8 Å². The number of rotatable bonds is 4. The van der Waals surface area contributed by atoms with Crippen molar-refractivity contribution in [1.82, 2.24) is 14.9 Å². The van der Waals surface area contributed by atoms with Gasteiger partial charge in [-0.25, -0.2) is 9.78 Å². The van der Waals surface area contributed by atoms with E-state index in [0.717, 1.165) is 25.1 Å². The Labute approximate surface area is 129 Å². The average Bonchev–Trinajstić information content (AvgIpc) is 2.56. The number of aromatic nitrogens is 2. The first kappa shape index (κ1) is 14.7. The van der Waals surface area contributed by atoms with Crippen molar-refractivity contribution in [1.29, 1.82) is 0 Å². The molecule has 1 N–H and O–H groups in total. The molecule has 0 bridgehead atoms. The molecule has 2 aromatic rings. The molecule has 1 fully saturated rings. The molecule has 0 spiro atoms. The molecule has 3 heterocycles. The third-order valence-corrected chi connectivity index (χ3v) is 4.07. The quantitative estimate of drug-likeness (QED) is 0.940. The van der Waals surface area contributed by atoms with Gasteiger partial charge in [-0.1, -0.05) is 18.6 Å². The number of nitrogens with zero attached hydrogens (tertiary/aromatic N) is 3. The summed E-state index contributed by atoms with van der Waals surface area (Å²) < 4.78 is 0. The molecule has 114 valence electrons. The van der Waals surface area contributed by atoms with E-state index in [4.69, 9.17) is 5.11 Å². The van der Waals surface area contributed by atoms with Gasteiger partial charge in [0.2, 0.25) is 0 Å². The number of carboxylic acid groups (broad SMARTS) is 1. The third-order valence-electron chi connectivity index (χ3n) is 4.07. The molecule has 0 aliphatic carbocycles. The van der Waals surface area contributed by atoms with Crippen molar-refractivity contribution in [3.63, 3.8) is 0 Å². The zero-order valence-electron chi connectivity index (χ0n) is 12.4. The number of pyridine rings is 2. The van der Waals surface area contributed by atoms with Crippen LogP contribution in [-0.2, 0) is 6.54 Å². The van der Waals surface area contributed by atoms with Crippen LogP contribution in [0.1, 0.15) is 47.1 Å². The van der Waals surface area contributed by atoms with E-state index in [9.17, 15) is 4.79 Å². The first-order chi connectivity index (χ1) is 10.7. The van der Waals surface area contributed by atoms with E-state index in [2.05, 4.69) is 20.9 Å². The van der Waals surface area contributed by atoms with Crippen LogP contribution in [0.3, 0.4) is 0 Å². The molecule has 5 heteroatoms. The first-order valence-electron chi connectivity index (χ1n) is 7.57. The summed E-state index contributed by atoms with van der Waals surface area (Å²) in [6, 6.07) is 9.58. The van der Waals surface area contributed by atoms with Crippen LogP contribution in [0.5, 0.6) is 0 Å². The van der Waals surface area contributed by atoms with Crippen LogP contribution >= 0.6 is 0 Å². The number of aromatic carboxylic acids is 1. The fourth-order valence-corrected chi connectivity index (χ4v) is 3.03. The molecule has 1 aliphatic rings. The molecule has 1 saturated heterocycles. The van der Waals surface area contributed by atoms with Crippen LogP contribution in [0.4, 0.5) is 0 Å². The van der Waals surface area contributed by atoms with Gasteiger partial charge in [0.15, 0.2) is 0 Å². The van der Waals surface area contributed by atoms with Crippen molar-refractivity contribution in [2.75, 3.05) is 6.54 Å². The summed E-state index contributed by atoms with van der Waals surface area (Å²) in [5.74, 6) is -0.982. The molecule has 0 radical (unpaired) electrons. The Bertz CT molecular complexity index is 645. The lowest BCUT2D eigenvalue weighted by molar-refractivity contribution is 0.0689. The predicted octanol–water partition coefficient (Wildman–Crippen LogP) is 2.90. The molecule has 3 rings (SSSR count). The Morgan fingerprint density at radius 3 is 2.95 bits per heavy atom. The van der Waals surface area contributed by atoms with Crippen LogP contribution in [0, 0.1) is 0 Å². The first-order valence-corrected chi connectivity index (χ1v) is 7.57. The number of hydrogen-bond donors (Lipinski definition) is 1. The number of piperidine rings is 1. The Morgan fingerprint density at radius 2 is 2.18 bits per heavy atom. The summed E-state index contributed by atoms with van der Waals surface area (Å²) in [6.07, 6.45) is 7.18. The lowest BCUT2D eigenvalue weighted by atomic mass is 9.96. The van der Waals surface area contributed by atoms with E-state index < -0.39 is 5.97 Å². The minimum absolute atomic E-state index is 0.104. The summed E-state index contributed by atoms with van der Waals surface area (Å²) in [7, 11) is 0. The van der Waals surface area contributed by atoms with Gasteiger partial charge in [0.1, 0.15) is 5.69 Å². The summed E-state index contributed by atoms with van der Waals surface area (Å²) >= 11 is 0. The van der Waals surface area contributed by atoms with Gasteiger partial charge in [0, 0.05) is 25.0 Å². The largest absolute Gasteiger partial charge is 0.477 e. The van der Waals surface area contributed by atoms with Crippen molar-refractivity contribution >= 4 is 5.97 Å². The predicted molar refractivity (Wildman–Crippen MR) is 82.4 cm³/mol. The van der Waals surface area contributed by atoms with E-state index in [1.165, 1.54) is 18.1 Å². The van der Waals surface area contributed by atoms with Crippen molar-refractivity contribution in [3.8, 4) is 0 Å². The van der Waals surface area contributed by atoms with E-state index in [1.807, 2.05) is 18.3 Å². The average molecular weight is 297 g/mol. The molecular formula is C17H19N3O2. The van der Waals surface area contributed by atoms with Gasteiger partial charge in [-0.2, -0.15) is 0 Å². The van der Waals surface area contributed by atoms with Gasteiger partial charge < -0.3 is 5.11 Å². The monoisotopic (exact) mass is 297 g/mol. The second-order valence-corrected chi connectivity index (χ2v) is 5.59. The van der Waals surface area contributed by atoms with Gasteiger partial charge in [-0.05, 0) is 43.1 Å². The number of likely N-dealkylation sites (tertiary alicyclic amines) is 1. The Morgan fingerprint density at radius 1 is 1.27 bits per heavy atom.